The van der Waals surface area contributed by atoms with Gasteiger partial charge in [-0.05, 0) is 48.9 Å². The normalized spacial score (nSPS) is 15.3. The van der Waals surface area contributed by atoms with Crippen LogP contribution in [-0.2, 0) is 4.79 Å². The molecule has 126 valence electrons. The summed E-state index contributed by atoms with van der Waals surface area (Å²) in [6, 6.07) is 9.21. The Morgan fingerprint density at radius 3 is 2.62 bits per heavy atom. The molecular weight excluding hydrogens is 344 g/mol. The molecule has 0 bridgehead atoms. The maximum Gasteiger partial charge on any atom is 0.263 e. The van der Waals surface area contributed by atoms with Crippen molar-refractivity contribution in [3.63, 3.8) is 0 Å². The van der Waals surface area contributed by atoms with Crippen molar-refractivity contribution in [3.8, 4) is 0 Å². The average Bonchev–Trinajstić information content (AvgIpc) is 3.13. The van der Waals surface area contributed by atoms with E-state index in [2.05, 4.69) is 5.32 Å². The van der Waals surface area contributed by atoms with Gasteiger partial charge in [0.15, 0.2) is 0 Å². The van der Waals surface area contributed by atoms with Crippen LogP contribution < -0.4 is 5.32 Å². The van der Waals surface area contributed by atoms with E-state index in [-0.39, 0.29) is 17.7 Å². The van der Waals surface area contributed by atoms with Gasteiger partial charge in [-0.15, -0.1) is 11.3 Å². The fraction of sp³-hybridized carbons (Fsp3) is 0.333. The van der Waals surface area contributed by atoms with Crippen LogP contribution in [0.5, 0.6) is 0 Å². The van der Waals surface area contributed by atoms with Crippen LogP contribution in [0.15, 0.2) is 35.7 Å². The lowest BCUT2D eigenvalue weighted by Gasteiger charge is -2.31. The third-order valence-electron chi connectivity index (χ3n) is 4.41. The lowest BCUT2D eigenvalue weighted by atomic mass is 9.95. The molecule has 24 heavy (non-hydrogen) atoms. The van der Waals surface area contributed by atoms with Crippen molar-refractivity contribution in [2.75, 3.05) is 18.4 Å². The average molecular weight is 363 g/mol. The summed E-state index contributed by atoms with van der Waals surface area (Å²) in [7, 11) is 0. The van der Waals surface area contributed by atoms with E-state index in [0.717, 1.165) is 16.1 Å². The van der Waals surface area contributed by atoms with Gasteiger partial charge in [-0.25, -0.2) is 0 Å². The van der Waals surface area contributed by atoms with Crippen LogP contribution in [0.3, 0.4) is 0 Å². The van der Waals surface area contributed by atoms with Crippen molar-refractivity contribution in [1.82, 2.24) is 4.90 Å². The molecule has 1 aromatic carbocycles. The van der Waals surface area contributed by atoms with E-state index in [0.29, 0.717) is 31.0 Å². The number of benzene rings is 1. The van der Waals surface area contributed by atoms with E-state index >= 15 is 0 Å². The molecule has 0 spiro atoms. The summed E-state index contributed by atoms with van der Waals surface area (Å²) in [5.74, 6) is -0.00565. The maximum absolute atomic E-state index is 12.5. The van der Waals surface area contributed by atoms with E-state index < -0.39 is 0 Å². The number of hydrogen-bond acceptors (Lipinski definition) is 3. The summed E-state index contributed by atoms with van der Waals surface area (Å²) in [5.41, 5.74) is 1.63. The zero-order chi connectivity index (χ0) is 17.1. The molecule has 0 atom stereocenters. The molecule has 2 aromatic rings. The smallest absolute Gasteiger partial charge is 0.263 e. The quantitative estimate of drug-likeness (QED) is 0.889. The molecule has 1 aliphatic heterocycles. The van der Waals surface area contributed by atoms with Crippen molar-refractivity contribution in [3.05, 3.63) is 51.2 Å². The summed E-state index contributed by atoms with van der Waals surface area (Å²) >= 11 is 7.54. The number of amides is 2. The van der Waals surface area contributed by atoms with E-state index in [9.17, 15) is 9.59 Å². The maximum atomic E-state index is 12.5. The Morgan fingerprint density at radius 1 is 1.21 bits per heavy atom. The van der Waals surface area contributed by atoms with E-state index in [1.165, 1.54) is 11.3 Å². The Labute approximate surface area is 150 Å². The highest BCUT2D eigenvalue weighted by Crippen LogP contribution is 2.26. The SMILES string of the molecule is Cc1c(Cl)cccc1NC(=O)C1CCN(C(=O)c2cccs2)CC1. The summed E-state index contributed by atoms with van der Waals surface area (Å²) in [6.45, 7) is 3.12. The number of nitrogens with zero attached hydrogens (tertiary/aromatic N) is 1. The third-order valence-corrected chi connectivity index (χ3v) is 5.68. The molecule has 3 rings (SSSR count). The second-order valence-electron chi connectivity index (χ2n) is 5.95. The second kappa shape index (κ2) is 7.36. The first-order valence-electron chi connectivity index (χ1n) is 7.95. The Morgan fingerprint density at radius 2 is 1.96 bits per heavy atom. The Hall–Kier alpha value is -1.85. The molecule has 6 heteroatoms. The van der Waals surface area contributed by atoms with Crippen LogP contribution >= 0.6 is 22.9 Å². The van der Waals surface area contributed by atoms with Crippen molar-refractivity contribution >= 4 is 40.4 Å². The molecule has 4 nitrogen and oxygen atoms in total. The highest BCUT2D eigenvalue weighted by Gasteiger charge is 2.28. The van der Waals surface area contributed by atoms with Gasteiger partial charge in [0, 0.05) is 29.7 Å². The lowest BCUT2D eigenvalue weighted by molar-refractivity contribution is -0.121. The number of nitrogens with one attached hydrogen (secondary N) is 1. The van der Waals surface area contributed by atoms with Gasteiger partial charge in [-0.3, -0.25) is 9.59 Å². The van der Waals surface area contributed by atoms with Crippen LogP contribution in [0, 0.1) is 12.8 Å². The molecule has 0 saturated carbocycles. The fourth-order valence-corrected chi connectivity index (χ4v) is 3.74. The number of piperidine rings is 1. The zero-order valence-electron chi connectivity index (χ0n) is 13.4. The number of halogens is 1. The van der Waals surface area contributed by atoms with Crippen molar-refractivity contribution in [2.45, 2.75) is 19.8 Å². The molecule has 0 unspecified atom stereocenters. The summed E-state index contributed by atoms with van der Waals surface area (Å²) in [5, 5.41) is 5.51. The molecule has 1 fully saturated rings. The topological polar surface area (TPSA) is 49.4 Å². The number of rotatable bonds is 3. The Kier molecular flexibility index (Phi) is 5.21. The monoisotopic (exact) mass is 362 g/mol. The number of hydrogen-bond donors (Lipinski definition) is 1. The largest absolute Gasteiger partial charge is 0.338 e. The first kappa shape index (κ1) is 17.0. The second-order valence-corrected chi connectivity index (χ2v) is 7.30. The summed E-state index contributed by atoms with van der Waals surface area (Å²) in [4.78, 5) is 27.4. The first-order valence-corrected chi connectivity index (χ1v) is 9.21. The molecule has 0 aliphatic carbocycles. The van der Waals surface area contributed by atoms with Gasteiger partial charge < -0.3 is 10.2 Å². The minimum Gasteiger partial charge on any atom is -0.338 e. The van der Waals surface area contributed by atoms with E-state index in [4.69, 9.17) is 11.6 Å². The molecular formula is C18H19ClN2O2S. The molecule has 1 N–H and O–H groups in total. The minimum absolute atomic E-state index is 0.00332. The summed E-state index contributed by atoms with van der Waals surface area (Å²) in [6.07, 6.45) is 1.37. The molecule has 0 radical (unpaired) electrons. The fourth-order valence-electron chi connectivity index (χ4n) is 2.88. The van der Waals surface area contributed by atoms with Crippen molar-refractivity contribution in [2.24, 2.45) is 5.92 Å². The lowest BCUT2D eigenvalue weighted by Crippen LogP contribution is -2.41. The molecule has 1 aliphatic rings. The number of carbonyl (C=O) groups is 2. The number of carbonyl (C=O) groups excluding carboxylic acids is 2. The molecule has 1 saturated heterocycles. The highest BCUT2D eigenvalue weighted by molar-refractivity contribution is 7.12. The Bertz CT molecular complexity index is 737. The highest BCUT2D eigenvalue weighted by atomic mass is 35.5. The van der Waals surface area contributed by atoms with Crippen LogP contribution in [0.25, 0.3) is 0 Å². The third kappa shape index (κ3) is 3.62. The number of thiophene rings is 1. The standard InChI is InChI=1S/C18H19ClN2O2S/c1-12-14(19)4-2-5-15(12)20-17(22)13-7-9-21(10-8-13)18(23)16-6-3-11-24-16/h2-6,11,13H,7-10H2,1H3,(H,20,22). The Balaban J connectivity index is 1.57. The van der Waals surface area contributed by atoms with Gasteiger partial charge in [0.05, 0.1) is 4.88 Å². The van der Waals surface area contributed by atoms with Crippen LogP contribution in [-0.4, -0.2) is 29.8 Å². The van der Waals surface area contributed by atoms with E-state index in [1.807, 2.05) is 41.5 Å². The van der Waals surface area contributed by atoms with Gasteiger partial charge in [0.1, 0.15) is 0 Å². The van der Waals surface area contributed by atoms with Crippen molar-refractivity contribution in [1.29, 1.82) is 0 Å². The molecule has 2 amide bonds. The van der Waals surface area contributed by atoms with Gasteiger partial charge in [0.2, 0.25) is 5.91 Å². The van der Waals surface area contributed by atoms with Crippen molar-refractivity contribution < 1.29 is 9.59 Å². The van der Waals surface area contributed by atoms with Gasteiger partial charge in [-0.1, -0.05) is 23.7 Å². The van der Waals surface area contributed by atoms with Crippen LogP contribution in [0.4, 0.5) is 5.69 Å². The predicted octanol–water partition coefficient (Wildman–Crippen LogP) is 4.20. The first-order chi connectivity index (χ1) is 11.6. The molecule has 2 heterocycles. The van der Waals surface area contributed by atoms with Gasteiger partial charge >= 0.3 is 0 Å². The van der Waals surface area contributed by atoms with Gasteiger partial charge in [-0.2, -0.15) is 0 Å². The minimum atomic E-state index is -0.0734. The summed E-state index contributed by atoms with van der Waals surface area (Å²) < 4.78 is 0. The number of anilines is 1. The van der Waals surface area contributed by atoms with Crippen LogP contribution in [0.1, 0.15) is 28.1 Å². The van der Waals surface area contributed by atoms with Gasteiger partial charge in [0.25, 0.3) is 5.91 Å². The zero-order valence-corrected chi connectivity index (χ0v) is 15.0. The van der Waals surface area contributed by atoms with Crippen LogP contribution in [0.2, 0.25) is 5.02 Å². The van der Waals surface area contributed by atoms with E-state index in [1.54, 1.807) is 6.07 Å². The molecule has 1 aromatic heterocycles. The number of likely N-dealkylation sites (tertiary alicyclic amines) is 1. The predicted molar refractivity (Wildman–Crippen MR) is 97.8 cm³/mol.